The number of aliphatic hydroxyl groups is 1. The van der Waals surface area contributed by atoms with Gasteiger partial charge in [-0.3, -0.25) is 0 Å². The zero-order valence-corrected chi connectivity index (χ0v) is 9.70. The van der Waals surface area contributed by atoms with Crippen LogP contribution in [0.3, 0.4) is 0 Å². The van der Waals surface area contributed by atoms with Crippen molar-refractivity contribution < 1.29 is 18.3 Å². The highest BCUT2D eigenvalue weighted by Gasteiger charge is 2.34. The van der Waals surface area contributed by atoms with E-state index in [1.165, 1.54) is 24.2 Å². The van der Waals surface area contributed by atoms with Crippen LogP contribution in [0.5, 0.6) is 0 Å². The van der Waals surface area contributed by atoms with Gasteiger partial charge >= 0.3 is 6.18 Å². The summed E-state index contributed by atoms with van der Waals surface area (Å²) in [6.07, 6.45) is -3.24. The first kappa shape index (κ1) is 13.8. The van der Waals surface area contributed by atoms with Gasteiger partial charge in [0.05, 0.1) is 11.7 Å². The first-order chi connectivity index (χ1) is 7.82. The van der Waals surface area contributed by atoms with Gasteiger partial charge in [0.2, 0.25) is 0 Å². The number of aromatic nitrogens is 1. The van der Waals surface area contributed by atoms with E-state index in [0.29, 0.717) is 13.0 Å². The van der Waals surface area contributed by atoms with Crippen molar-refractivity contribution in [3.63, 3.8) is 0 Å². The van der Waals surface area contributed by atoms with Crippen molar-refractivity contribution in [1.29, 1.82) is 0 Å². The van der Waals surface area contributed by atoms with E-state index in [4.69, 9.17) is 5.11 Å². The predicted octanol–water partition coefficient (Wildman–Crippen LogP) is 2.31. The van der Waals surface area contributed by atoms with Crippen LogP contribution in [0.1, 0.15) is 18.9 Å². The normalized spacial score (nSPS) is 13.5. The summed E-state index contributed by atoms with van der Waals surface area (Å²) in [7, 11) is 1.53. The Labute approximate surface area is 97.9 Å². The summed E-state index contributed by atoms with van der Waals surface area (Å²) in [6, 6.07) is 2.26. The van der Waals surface area contributed by atoms with Crippen LogP contribution in [0.2, 0.25) is 0 Å². The molecule has 1 N–H and O–H groups in total. The van der Waals surface area contributed by atoms with E-state index in [1.54, 1.807) is 6.92 Å². The number of anilines is 1. The molecule has 1 heterocycles. The first-order valence-electron chi connectivity index (χ1n) is 5.23. The molecule has 0 bridgehead atoms. The molecule has 1 rings (SSSR count). The molecule has 17 heavy (non-hydrogen) atoms. The minimum absolute atomic E-state index is 0.111. The molecular formula is C11H15F3N2O. The van der Waals surface area contributed by atoms with E-state index in [0.717, 1.165) is 6.07 Å². The molecule has 3 nitrogen and oxygen atoms in total. The maximum Gasteiger partial charge on any atom is 0.419 e. The standard InChI is InChI=1S/C11H15F3N2O/c1-8(17)5-7-16(2)10-9(11(12,13)14)4-3-6-15-10/h3-4,6,8,17H,5,7H2,1-2H3/t8-/m1/s1. The number of rotatable bonds is 4. The number of aliphatic hydroxyl groups excluding tert-OH is 1. The second-order valence-electron chi connectivity index (χ2n) is 3.93. The SMILES string of the molecule is C[C@@H](O)CCN(C)c1ncccc1C(F)(F)F. The van der Waals surface area contributed by atoms with E-state index < -0.39 is 17.8 Å². The van der Waals surface area contributed by atoms with Crippen molar-refractivity contribution in [3.05, 3.63) is 23.9 Å². The summed E-state index contributed by atoms with van der Waals surface area (Å²) in [5.74, 6) is -0.111. The number of halogens is 3. The summed E-state index contributed by atoms with van der Waals surface area (Å²) in [5.41, 5.74) is -0.756. The van der Waals surface area contributed by atoms with Crippen molar-refractivity contribution in [2.75, 3.05) is 18.5 Å². The molecule has 0 radical (unpaired) electrons. The molecule has 0 amide bonds. The molecule has 0 fully saturated rings. The number of hydrogen-bond donors (Lipinski definition) is 1. The third-order valence-electron chi connectivity index (χ3n) is 2.34. The Kier molecular flexibility index (Phi) is 4.34. The quantitative estimate of drug-likeness (QED) is 0.888. The maximum atomic E-state index is 12.7. The van der Waals surface area contributed by atoms with E-state index in [9.17, 15) is 13.2 Å². The van der Waals surface area contributed by atoms with Gasteiger partial charge in [-0.15, -0.1) is 0 Å². The molecule has 0 aliphatic rings. The van der Waals surface area contributed by atoms with E-state index >= 15 is 0 Å². The molecule has 0 unspecified atom stereocenters. The summed E-state index contributed by atoms with van der Waals surface area (Å²) in [6.45, 7) is 1.91. The Hall–Kier alpha value is -1.30. The molecule has 0 spiro atoms. The molecule has 1 atom stereocenters. The van der Waals surface area contributed by atoms with Crippen LogP contribution in [0.15, 0.2) is 18.3 Å². The van der Waals surface area contributed by atoms with Gasteiger partial charge in [-0.25, -0.2) is 4.98 Å². The highest BCUT2D eigenvalue weighted by Crippen LogP contribution is 2.34. The van der Waals surface area contributed by atoms with Crippen molar-refractivity contribution >= 4 is 5.82 Å². The molecule has 0 saturated carbocycles. The summed E-state index contributed by atoms with van der Waals surface area (Å²) < 4.78 is 38.1. The smallest absolute Gasteiger partial charge is 0.393 e. The molecule has 0 saturated heterocycles. The number of pyridine rings is 1. The second kappa shape index (κ2) is 5.35. The molecule has 6 heteroatoms. The zero-order valence-electron chi connectivity index (χ0n) is 9.70. The lowest BCUT2D eigenvalue weighted by molar-refractivity contribution is -0.137. The van der Waals surface area contributed by atoms with Crippen molar-refractivity contribution in [2.24, 2.45) is 0 Å². The van der Waals surface area contributed by atoms with Crippen molar-refractivity contribution in [1.82, 2.24) is 4.98 Å². The third-order valence-corrected chi connectivity index (χ3v) is 2.34. The number of alkyl halides is 3. The molecule has 1 aromatic heterocycles. The van der Waals surface area contributed by atoms with Crippen molar-refractivity contribution in [3.8, 4) is 0 Å². The van der Waals surface area contributed by atoms with Crippen LogP contribution in [-0.4, -0.2) is 29.8 Å². The van der Waals surface area contributed by atoms with E-state index in [1.807, 2.05) is 0 Å². The molecule has 0 aromatic carbocycles. The van der Waals surface area contributed by atoms with Gasteiger partial charge < -0.3 is 10.0 Å². The highest BCUT2D eigenvalue weighted by atomic mass is 19.4. The minimum Gasteiger partial charge on any atom is -0.393 e. The fourth-order valence-electron chi connectivity index (χ4n) is 1.41. The fraction of sp³-hybridized carbons (Fsp3) is 0.545. The Morgan fingerprint density at radius 2 is 2.12 bits per heavy atom. The number of hydrogen-bond acceptors (Lipinski definition) is 3. The van der Waals surface area contributed by atoms with Crippen LogP contribution in [-0.2, 0) is 6.18 Å². The average Bonchev–Trinajstić information content (AvgIpc) is 2.24. The van der Waals surface area contributed by atoms with Gasteiger partial charge in [-0.2, -0.15) is 13.2 Å². The largest absolute Gasteiger partial charge is 0.419 e. The van der Waals surface area contributed by atoms with Gasteiger partial charge in [-0.05, 0) is 25.5 Å². The maximum absolute atomic E-state index is 12.7. The lowest BCUT2D eigenvalue weighted by Crippen LogP contribution is -2.25. The van der Waals surface area contributed by atoms with Gasteiger partial charge in [0.1, 0.15) is 5.82 Å². The monoisotopic (exact) mass is 248 g/mol. The summed E-state index contributed by atoms with van der Waals surface area (Å²) in [5, 5.41) is 9.11. The first-order valence-corrected chi connectivity index (χ1v) is 5.23. The molecule has 96 valence electrons. The summed E-state index contributed by atoms with van der Waals surface area (Å²) >= 11 is 0. The third kappa shape index (κ3) is 3.89. The zero-order chi connectivity index (χ0) is 13.1. The Morgan fingerprint density at radius 1 is 1.47 bits per heavy atom. The van der Waals surface area contributed by atoms with Crippen molar-refractivity contribution in [2.45, 2.75) is 25.6 Å². The fourth-order valence-corrected chi connectivity index (χ4v) is 1.41. The lowest BCUT2D eigenvalue weighted by Gasteiger charge is -2.22. The topological polar surface area (TPSA) is 36.4 Å². The van der Waals surface area contributed by atoms with Crippen LogP contribution >= 0.6 is 0 Å². The molecule has 0 aliphatic heterocycles. The average molecular weight is 248 g/mol. The molecule has 0 aliphatic carbocycles. The molecule has 1 aromatic rings. The van der Waals surface area contributed by atoms with Crippen LogP contribution in [0.25, 0.3) is 0 Å². The second-order valence-corrected chi connectivity index (χ2v) is 3.93. The van der Waals surface area contributed by atoms with Gasteiger partial charge in [0, 0.05) is 19.8 Å². The lowest BCUT2D eigenvalue weighted by atomic mass is 10.2. The van der Waals surface area contributed by atoms with E-state index in [-0.39, 0.29) is 5.82 Å². The Balaban J connectivity index is 2.89. The van der Waals surface area contributed by atoms with Crippen LogP contribution < -0.4 is 4.90 Å². The molecular weight excluding hydrogens is 233 g/mol. The summed E-state index contributed by atoms with van der Waals surface area (Å²) in [4.78, 5) is 5.15. The Morgan fingerprint density at radius 3 is 2.65 bits per heavy atom. The van der Waals surface area contributed by atoms with Crippen LogP contribution in [0.4, 0.5) is 19.0 Å². The van der Waals surface area contributed by atoms with Gasteiger partial charge in [0.15, 0.2) is 0 Å². The predicted molar refractivity (Wildman–Crippen MR) is 58.8 cm³/mol. The highest BCUT2D eigenvalue weighted by molar-refractivity contribution is 5.47. The Bertz CT molecular complexity index is 366. The van der Waals surface area contributed by atoms with E-state index in [2.05, 4.69) is 4.98 Å². The minimum atomic E-state index is -4.41. The van der Waals surface area contributed by atoms with Gasteiger partial charge in [-0.1, -0.05) is 0 Å². The number of nitrogens with zero attached hydrogens (tertiary/aromatic N) is 2. The van der Waals surface area contributed by atoms with Gasteiger partial charge in [0.25, 0.3) is 0 Å². The van der Waals surface area contributed by atoms with Crippen LogP contribution in [0, 0.1) is 0 Å².